The Morgan fingerprint density at radius 2 is 0.874 bits per heavy atom. The van der Waals surface area contributed by atoms with Crippen LogP contribution in [0.5, 0.6) is 0 Å². The highest BCUT2D eigenvalue weighted by molar-refractivity contribution is 5.99. The van der Waals surface area contributed by atoms with Crippen molar-refractivity contribution in [1.82, 2.24) is 58.5 Å². The number of aliphatic hydroxyl groups is 4. The topological polar surface area (TPSA) is 645 Å². The van der Waals surface area contributed by atoms with E-state index in [9.17, 15) is 83.1 Å². The number of carbonyl (C=O) groups is 12. The number of nitrogens with zero attached hydrogens (tertiary/aromatic N) is 2. The van der Waals surface area contributed by atoms with Crippen molar-refractivity contribution in [3.63, 3.8) is 0 Å². The van der Waals surface area contributed by atoms with Gasteiger partial charge in [-0.15, -0.1) is 0 Å². The lowest BCUT2D eigenvalue weighted by molar-refractivity contribution is -0.145. The molecule has 0 saturated heterocycles. The minimum Gasteiger partial charge on any atom is -0.480 e. The summed E-state index contributed by atoms with van der Waals surface area (Å²) < 4.78 is 0. The van der Waals surface area contributed by atoms with Crippen molar-refractivity contribution in [1.29, 1.82) is 0 Å². The highest BCUT2D eigenvalue weighted by Crippen LogP contribution is 2.40. The van der Waals surface area contributed by atoms with Crippen molar-refractivity contribution in [3.05, 3.63) is 35.9 Å². The van der Waals surface area contributed by atoms with E-state index in [1.165, 1.54) is 20.8 Å². The first-order chi connectivity index (χ1) is 44.7. The Morgan fingerprint density at radius 3 is 1.31 bits per heavy atom. The van der Waals surface area contributed by atoms with Crippen LogP contribution in [0.4, 0.5) is 0 Å². The van der Waals surface area contributed by atoms with Crippen LogP contribution >= 0.6 is 0 Å². The fraction of sp³-hybridized carbons (Fsp3) is 0.655. The average Bonchev–Trinajstić information content (AvgIpc) is 1.70. The second-order valence-corrected chi connectivity index (χ2v) is 23.2. The number of benzene rings is 1. The van der Waals surface area contributed by atoms with Crippen molar-refractivity contribution in [2.24, 2.45) is 50.1 Å². The molecule has 1 aromatic rings. The molecule has 534 valence electrons. The van der Waals surface area contributed by atoms with Crippen LogP contribution < -0.4 is 98.6 Å². The highest BCUT2D eigenvalue weighted by atomic mass is 16.4. The quantitative estimate of drug-likeness (QED) is 0.0164. The highest BCUT2D eigenvalue weighted by Gasteiger charge is 2.40. The van der Waals surface area contributed by atoms with E-state index in [1.54, 1.807) is 0 Å². The third-order valence-electron chi connectivity index (χ3n) is 14.9. The van der Waals surface area contributed by atoms with E-state index in [0.29, 0.717) is 13.0 Å². The van der Waals surface area contributed by atoms with Crippen LogP contribution in [0.25, 0.3) is 0 Å². The number of aliphatic carboxylic acids is 1. The van der Waals surface area contributed by atoms with Gasteiger partial charge in [0.2, 0.25) is 65.0 Å². The molecular weight excluding hydrogens is 1250 g/mol. The molecule has 1 saturated carbocycles. The Kier molecular flexibility index (Phi) is 36.7. The number of nitrogens with one attached hydrogen (secondary N) is 11. The molecule has 95 heavy (non-hydrogen) atoms. The molecular formula is C58H100N20O17. The molecule has 0 spiro atoms. The molecule has 16 atom stereocenters. The van der Waals surface area contributed by atoms with Crippen LogP contribution in [0.1, 0.15) is 123 Å². The Morgan fingerprint density at radius 1 is 0.484 bits per heavy atom. The summed E-state index contributed by atoms with van der Waals surface area (Å²) in [6.45, 7) is 5.36. The van der Waals surface area contributed by atoms with Gasteiger partial charge in [0, 0.05) is 31.5 Å². The lowest BCUT2D eigenvalue weighted by Crippen LogP contribution is -2.62. The fourth-order valence-corrected chi connectivity index (χ4v) is 9.42. The summed E-state index contributed by atoms with van der Waals surface area (Å²) in [6, 6.07) is -7.64. The van der Waals surface area contributed by atoms with Gasteiger partial charge in [0.05, 0.1) is 31.0 Å². The second-order valence-electron chi connectivity index (χ2n) is 23.2. The fourth-order valence-electron chi connectivity index (χ4n) is 9.42. The van der Waals surface area contributed by atoms with Gasteiger partial charge in [-0.3, -0.25) is 62.7 Å². The zero-order valence-electron chi connectivity index (χ0n) is 54.2. The van der Waals surface area contributed by atoms with E-state index in [-0.39, 0.29) is 94.9 Å². The summed E-state index contributed by atoms with van der Waals surface area (Å²) in [6.07, 6.45) is -4.66. The maximum Gasteiger partial charge on any atom is 0.328 e. The second kappa shape index (κ2) is 42.4. The number of hydrogen-bond donors (Lipinski definition) is 23. The predicted molar refractivity (Wildman–Crippen MR) is 344 cm³/mol. The summed E-state index contributed by atoms with van der Waals surface area (Å²) in [5, 5.41) is 78.3. The minimum absolute atomic E-state index is 0.0363. The third-order valence-corrected chi connectivity index (χ3v) is 14.9. The maximum atomic E-state index is 14.5. The number of carboxylic acids is 1. The van der Waals surface area contributed by atoms with Crippen LogP contribution in [-0.2, 0) is 57.5 Å². The number of unbranched alkanes of at least 4 members (excludes halogenated alkanes) is 1. The number of hydrogen-bond acceptors (Lipinski definition) is 21. The molecule has 1 aliphatic rings. The first kappa shape index (κ1) is 82.2. The standard InChI is InChI=1S/C58H100N20O17/c1-28(60)46(84)70-38(19-13-25-68-58(64)65)51(89)77-44(31(4)81)55(93)74-37(17-11-23-66-40-26-34(40)33-14-7-6-8-15-33)49(87)73-39(20-21-42(61)83)52(90)76-43(30(3)80)54(92)69-29(2)47(85)71-36(18-12-24-67-57(62)63)48(86)72-35(16-9-10-22-59)50(88)75-41(27-79)53(91)78-45(32(5)82)56(94)95/h6-8,14-15,28-32,34-41,43-45,66,79-82H,9-13,16-27,59-60H2,1-5H3,(H2,61,83)(H,69,92)(H,70,84)(H,71,85)(H,72,86)(H,73,87)(H,74,93)(H,75,88)(H,76,90)(H,77,89)(H,78,91)(H,94,95)(H4,62,63,67)(H4,64,65,68)/t28-,29-,30+,31+,32+,34-,35-,36-,37-,38-,39-,40+,41-,43-,44-,45-/m0/s1. The number of aliphatic imine (C=N–C) groups is 2. The van der Waals surface area contributed by atoms with Crippen LogP contribution in [0.3, 0.4) is 0 Å². The number of rotatable bonds is 46. The Labute approximate surface area is 550 Å². The Bertz CT molecular complexity index is 2770. The Hall–Kier alpha value is -8.88. The van der Waals surface area contributed by atoms with E-state index in [0.717, 1.165) is 25.8 Å². The molecule has 0 heterocycles. The molecule has 0 bridgehead atoms. The van der Waals surface area contributed by atoms with Crippen molar-refractivity contribution < 1.29 is 83.1 Å². The summed E-state index contributed by atoms with van der Waals surface area (Å²) in [7, 11) is 0. The van der Waals surface area contributed by atoms with E-state index >= 15 is 0 Å². The molecule has 37 heteroatoms. The number of carboxylic acid groups (broad SMARTS) is 1. The maximum absolute atomic E-state index is 14.5. The SMILES string of the molecule is C[C@H](N)C(=O)N[C@@H](CCCN=C(N)N)C(=O)N[C@H](C(=O)N[C@@H](CCCN[C@@H]1C[C@H]1c1ccccc1)C(=O)N[C@@H](CCC(N)=O)C(=O)N[C@H](C(=O)N[C@@H](C)C(=O)N[C@@H](CCCN=C(N)N)C(=O)N[C@@H](CCCCN)C(=O)N[C@@H](CO)C(=O)N[C@H](C(=O)O)[C@@H](C)O)[C@@H](C)O)[C@@H](C)O. The van der Waals surface area contributed by atoms with Gasteiger partial charge in [0.25, 0.3) is 0 Å². The van der Waals surface area contributed by atoms with Gasteiger partial charge in [-0.05, 0) is 124 Å². The van der Waals surface area contributed by atoms with E-state index in [4.69, 9.17) is 40.1 Å². The van der Waals surface area contributed by atoms with Gasteiger partial charge < -0.3 is 124 Å². The zero-order chi connectivity index (χ0) is 71.6. The van der Waals surface area contributed by atoms with E-state index < -0.39 is 175 Å². The van der Waals surface area contributed by atoms with Gasteiger partial charge in [-0.1, -0.05) is 30.3 Å². The minimum atomic E-state index is -1.91. The van der Waals surface area contributed by atoms with Crippen LogP contribution in [0, 0.1) is 0 Å². The predicted octanol–water partition coefficient (Wildman–Crippen LogP) is -9.15. The summed E-state index contributed by atoms with van der Waals surface area (Å²) in [5.41, 5.74) is 39.8. The number of nitrogens with two attached hydrogens (primary N) is 7. The number of guanidine groups is 2. The smallest absolute Gasteiger partial charge is 0.328 e. The van der Waals surface area contributed by atoms with Gasteiger partial charge in [0.1, 0.15) is 54.4 Å². The molecule has 0 unspecified atom stereocenters. The summed E-state index contributed by atoms with van der Waals surface area (Å²) in [4.78, 5) is 169. The van der Waals surface area contributed by atoms with Gasteiger partial charge >= 0.3 is 5.97 Å². The summed E-state index contributed by atoms with van der Waals surface area (Å²) in [5.74, 6) is -13.2. The number of carbonyl (C=O) groups excluding carboxylic acids is 11. The molecule has 1 aliphatic carbocycles. The molecule has 30 N–H and O–H groups in total. The van der Waals surface area contributed by atoms with Crippen molar-refractivity contribution in [2.45, 2.75) is 208 Å². The molecule has 37 nitrogen and oxygen atoms in total. The van der Waals surface area contributed by atoms with Crippen LogP contribution in [0.15, 0.2) is 40.3 Å². The molecule has 1 fully saturated rings. The molecule has 0 aromatic heterocycles. The monoisotopic (exact) mass is 1350 g/mol. The molecule has 11 amide bonds. The number of amides is 11. The average molecular weight is 1350 g/mol. The molecule has 2 rings (SSSR count). The summed E-state index contributed by atoms with van der Waals surface area (Å²) >= 11 is 0. The van der Waals surface area contributed by atoms with E-state index in [2.05, 4.69) is 63.2 Å². The number of primary amides is 1. The first-order valence-corrected chi connectivity index (χ1v) is 31.3. The lowest BCUT2D eigenvalue weighted by Gasteiger charge is -2.29. The lowest BCUT2D eigenvalue weighted by atomic mass is 10.0. The van der Waals surface area contributed by atoms with Gasteiger partial charge in [0.15, 0.2) is 18.0 Å². The normalized spacial score (nSPS) is 17.6. The van der Waals surface area contributed by atoms with Crippen molar-refractivity contribution in [2.75, 3.05) is 32.8 Å². The third kappa shape index (κ3) is 30.8. The molecule has 0 aliphatic heterocycles. The zero-order valence-corrected chi connectivity index (χ0v) is 54.2. The van der Waals surface area contributed by atoms with Gasteiger partial charge in [-0.2, -0.15) is 0 Å². The van der Waals surface area contributed by atoms with Gasteiger partial charge in [-0.25, -0.2) is 4.79 Å². The van der Waals surface area contributed by atoms with Crippen molar-refractivity contribution in [3.8, 4) is 0 Å². The van der Waals surface area contributed by atoms with Crippen molar-refractivity contribution >= 4 is 82.9 Å². The largest absolute Gasteiger partial charge is 0.480 e. The van der Waals surface area contributed by atoms with E-state index in [1.807, 2.05) is 35.6 Å². The Balaban J connectivity index is 2.45. The molecule has 1 aromatic carbocycles. The first-order valence-electron chi connectivity index (χ1n) is 31.3. The molecule has 0 radical (unpaired) electrons. The number of aliphatic hydroxyl groups excluding tert-OH is 4. The van der Waals surface area contributed by atoms with Crippen LogP contribution in [0.2, 0.25) is 0 Å². The van der Waals surface area contributed by atoms with Crippen LogP contribution in [-0.4, -0.2) is 232 Å².